The molecule has 3 heterocycles. The molecule has 4 aromatic rings. The van der Waals surface area contributed by atoms with E-state index in [0.29, 0.717) is 22.8 Å². The Balaban J connectivity index is 1.86. The van der Waals surface area contributed by atoms with Gasteiger partial charge in [0.15, 0.2) is 17.3 Å². The van der Waals surface area contributed by atoms with E-state index in [2.05, 4.69) is 26.8 Å². The molecule has 0 saturated heterocycles. The number of anilines is 1. The summed E-state index contributed by atoms with van der Waals surface area (Å²) in [7, 11) is 0. The summed E-state index contributed by atoms with van der Waals surface area (Å²) in [5.74, 6) is 6.94. The third-order valence-corrected chi connectivity index (χ3v) is 3.73. The van der Waals surface area contributed by atoms with Crippen molar-refractivity contribution in [3.8, 4) is 34.6 Å². The maximum Gasteiger partial charge on any atom is 0.159 e. The molecule has 1 aromatic carbocycles. The zero-order valence-corrected chi connectivity index (χ0v) is 13.8. The van der Waals surface area contributed by atoms with Crippen molar-refractivity contribution in [3.05, 3.63) is 84.5 Å². The highest BCUT2D eigenvalue weighted by molar-refractivity contribution is 5.77. The molecule has 0 bridgehead atoms. The van der Waals surface area contributed by atoms with E-state index in [-0.39, 0.29) is 5.82 Å². The fraction of sp³-hybridized carbons (Fsp3) is 0. The number of hydrogen-bond donors (Lipinski definition) is 1. The van der Waals surface area contributed by atoms with Crippen LogP contribution >= 0.6 is 0 Å². The molecular formula is C21H14N4O. The fourth-order valence-corrected chi connectivity index (χ4v) is 2.49. The van der Waals surface area contributed by atoms with Crippen LogP contribution in [-0.4, -0.2) is 15.0 Å². The average Bonchev–Trinajstić information content (AvgIpc) is 3.23. The number of rotatable bonds is 2. The van der Waals surface area contributed by atoms with Crippen molar-refractivity contribution in [2.75, 3.05) is 5.73 Å². The van der Waals surface area contributed by atoms with Gasteiger partial charge in [-0.2, -0.15) is 0 Å². The lowest BCUT2D eigenvalue weighted by atomic mass is 10.1. The predicted molar refractivity (Wildman–Crippen MR) is 99.8 cm³/mol. The van der Waals surface area contributed by atoms with Crippen molar-refractivity contribution < 1.29 is 4.42 Å². The normalized spacial score (nSPS) is 10.2. The molecular weight excluding hydrogens is 324 g/mol. The lowest BCUT2D eigenvalue weighted by Crippen LogP contribution is -2.03. The van der Waals surface area contributed by atoms with Crippen LogP contribution in [0.25, 0.3) is 22.7 Å². The molecule has 5 heteroatoms. The Hall–Kier alpha value is -3.91. The molecule has 5 nitrogen and oxygen atoms in total. The topological polar surface area (TPSA) is 77.8 Å². The summed E-state index contributed by atoms with van der Waals surface area (Å²) in [5, 5.41) is 0. The fourth-order valence-electron chi connectivity index (χ4n) is 2.49. The monoisotopic (exact) mass is 338 g/mol. The third-order valence-electron chi connectivity index (χ3n) is 3.73. The standard InChI is InChI=1S/C21H14N4O/c22-21-17(9-8-15-5-2-1-3-6-15)24-19(16-10-12-23-13-11-16)20(25-21)18-7-4-14-26-18/h1-7,10-14H,(H2,22,25). The largest absolute Gasteiger partial charge is 0.463 e. The molecule has 0 saturated carbocycles. The molecule has 0 fully saturated rings. The molecule has 124 valence electrons. The van der Waals surface area contributed by atoms with Gasteiger partial charge in [-0.15, -0.1) is 0 Å². The number of pyridine rings is 1. The number of nitrogens with zero attached hydrogens (tertiary/aromatic N) is 3. The van der Waals surface area contributed by atoms with Crippen LogP contribution in [0.4, 0.5) is 5.82 Å². The molecule has 0 aliphatic heterocycles. The molecule has 0 aliphatic rings. The van der Waals surface area contributed by atoms with E-state index in [1.807, 2.05) is 48.5 Å². The second-order valence-electron chi connectivity index (χ2n) is 5.48. The smallest absolute Gasteiger partial charge is 0.159 e. The van der Waals surface area contributed by atoms with Gasteiger partial charge in [0.25, 0.3) is 0 Å². The van der Waals surface area contributed by atoms with E-state index in [1.54, 1.807) is 24.7 Å². The minimum atomic E-state index is 0.262. The maximum atomic E-state index is 6.11. The van der Waals surface area contributed by atoms with Gasteiger partial charge in [0.05, 0.1) is 6.26 Å². The Morgan fingerprint density at radius 3 is 2.35 bits per heavy atom. The van der Waals surface area contributed by atoms with Gasteiger partial charge >= 0.3 is 0 Å². The number of nitrogens with two attached hydrogens (primary N) is 1. The third kappa shape index (κ3) is 3.17. The van der Waals surface area contributed by atoms with Gasteiger partial charge in [-0.05, 0) is 42.3 Å². The van der Waals surface area contributed by atoms with Gasteiger partial charge in [0.1, 0.15) is 11.4 Å². The number of nitrogen functional groups attached to an aromatic ring is 1. The number of benzene rings is 1. The quantitative estimate of drug-likeness (QED) is 0.563. The van der Waals surface area contributed by atoms with Crippen LogP contribution in [0.2, 0.25) is 0 Å². The van der Waals surface area contributed by atoms with Gasteiger partial charge in [0, 0.05) is 23.5 Å². The van der Waals surface area contributed by atoms with Crippen LogP contribution < -0.4 is 5.73 Å². The van der Waals surface area contributed by atoms with Gasteiger partial charge < -0.3 is 10.2 Å². The minimum Gasteiger partial charge on any atom is -0.463 e. The van der Waals surface area contributed by atoms with Crippen molar-refractivity contribution in [3.63, 3.8) is 0 Å². The summed E-state index contributed by atoms with van der Waals surface area (Å²) < 4.78 is 5.50. The van der Waals surface area contributed by atoms with E-state index in [1.165, 1.54) is 0 Å². The van der Waals surface area contributed by atoms with Gasteiger partial charge in [-0.1, -0.05) is 24.1 Å². The van der Waals surface area contributed by atoms with E-state index in [4.69, 9.17) is 10.2 Å². The van der Waals surface area contributed by atoms with E-state index < -0.39 is 0 Å². The Labute approximate surface area is 150 Å². The maximum absolute atomic E-state index is 6.11. The molecule has 0 atom stereocenters. The Kier molecular flexibility index (Phi) is 4.15. The van der Waals surface area contributed by atoms with Crippen molar-refractivity contribution in [1.29, 1.82) is 0 Å². The minimum absolute atomic E-state index is 0.262. The highest BCUT2D eigenvalue weighted by Gasteiger charge is 2.16. The zero-order valence-electron chi connectivity index (χ0n) is 13.8. The van der Waals surface area contributed by atoms with Crippen LogP contribution in [-0.2, 0) is 0 Å². The van der Waals surface area contributed by atoms with E-state index in [0.717, 1.165) is 11.1 Å². The summed E-state index contributed by atoms with van der Waals surface area (Å²) in [6, 6.07) is 17.0. The van der Waals surface area contributed by atoms with Crippen LogP contribution in [0, 0.1) is 11.8 Å². The van der Waals surface area contributed by atoms with Gasteiger partial charge in [-0.25, -0.2) is 9.97 Å². The number of furan rings is 1. The van der Waals surface area contributed by atoms with Crippen molar-refractivity contribution in [1.82, 2.24) is 15.0 Å². The Morgan fingerprint density at radius 1 is 0.808 bits per heavy atom. The average molecular weight is 338 g/mol. The van der Waals surface area contributed by atoms with Gasteiger partial charge in [-0.3, -0.25) is 4.98 Å². The molecule has 0 spiro atoms. The Bertz CT molecular complexity index is 1080. The Morgan fingerprint density at radius 2 is 1.62 bits per heavy atom. The first-order valence-corrected chi connectivity index (χ1v) is 8.00. The second kappa shape index (κ2) is 6.91. The van der Waals surface area contributed by atoms with Gasteiger partial charge in [0.2, 0.25) is 0 Å². The lowest BCUT2D eigenvalue weighted by Gasteiger charge is -2.08. The van der Waals surface area contributed by atoms with Crippen molar-refractivity contribution >= 4 is 5.82 Å². The van der Waals surface area contributed by atoms with Crippen LogP contribution in [0.5, 0.6) is 0 Å². The summed E-state index contributed by atoms with van der Waals surface area (Å²) in [6.07, 6.45) is 5.00. The molecule has 2 N–H and O–H groups in total. The second-order valence-corrected chi connectivity index (χ2v) is 5.48. The van der Waals surface area contributed by atoms with E-state index in [9.17, 15) is 0 Å². The summed E-state index contributed by atoms with van der Waals surface area (Å²) in [4.78, 5) is 13.2. The van der Waals surface area contributed by atoms with Crippen LogP contribution in [0.1, 0.15) is 11.3 Å². The lowest BCUT2D eigenvalue weighted by molar-refractivity contribution is 0.580. The highest BCUT2D eigenvalue weighted by atomic mass is 16.3. The zero-order chi connectivity index (χ0) is 17.8. The predicted octanol–water partition coefficient (Wildman–Crippen LogP) is 3.78. The molecule has 0 amide bonds. The SMILES string of the molecule is Nc1nc(-c2ccco2)c(-c2ccncc2)nc1C#Cc1ccccc1. The summed E-state index contributed by atoms with van der Waals surface area (Å²) >= 11 is 0. The first-order chi connectivity index (χ1) is 12.8. The molecule has 0 radical (unpaired) electrons. The summed E-state index contributed by atoms with van der Waals surface area (Å²) in [5.41, 5.74) is 9.50. The first-order valence-electron chi connectivity index (χ1n) is 8.00. The molecule has 26 heavy (non-hydrogen) atoms. The molecule has 4 rings (SSSR count). The van der Waals surface area contributed by atoms with Crippen molar-refractivity contribution in [2.24, 2.45) is 0 Å². The van der Waals surface area contributed by atoms with Crippen LogP contribution in [0.15, 0.2) is 77.7 Å². The van der Waals surface area contributed by atoms with Crippen molar-refractivity contribution in [2.45, 2.75) is 0 Å². The first kappa shape index (κ1) is 15.6. The molecule has 3 aromatic heterocycles. The molecule has 0 aliphatic carbocycles. The highest BCUT2D eigenvalue weighted by Crippen LogP contribution is 2.30. The van der Waals surface area contributed by atoms with E-state index >= 15 is 0 Å². The number of aromatic nitrogens is 3. The van der Waals surface area contributed by atoms with Crippen LogP contribution in [0.3, 0.4) is 0 Å². The summed E-state index contributed by atoms with van der Waals surface area (Å²) in [6.45, 7) is 0. The molecule has 0 unspecified atom stereocenters. The number of hydrogen-bond acceptors (Lipinski definition) is 5.